The monoisotopic (exact) mass is 335 g/mol. The van der Waals surface area contributed by atoms with Crippen molar-refractivity contribution in [2.24, 2.45) is 0 Å². The predicted octanol–water partition coefficient (Wildman–Crippen LogP) is 3.30. The van der Waals surface area contributed by atoms with E-state index in [0.29, 0.717) is 15.8 Å². The highest BCUT2D eigenvalue weighted by atomic mass is 32.1. The molecule has 4 rings (SSSR count). The number of fused-ring (bicyclic) bond motifs is 2. The van der Waals surface area contributed by atoms with Crippen molar-refractivity contribution < 1.29 is 4.79 Å². The van der Waals surface area contributed by atoms with Gasteiger partial charge in [-0.3, -0.25) is 15.0 Å². The number of hydrogen-bond acceptors (Lipinski definition) is 4. The number of carbonyl (C=O) groups excluding carboxylic acids is 1. The summed E-state index contributed by atoms with van der Waals surface area (Å²) in [5.74, 6) is -0.312. The third kappa shape index (κ3) is 2.28. The number of aryl methyl sites for hydroxylation is 1. The number of hydrogen-bond donors (Lipinski definition) is 1. The Bertz CT molecular complexity index is 1140. The lowest BCUT2D eigenvalue weighted by molar-refractivity contribution is 0.101. The van der Waals surface area contributed by atoms with E-state index in [1.807, 2.05) is 37.3 Å². The molecule has 0 aliphatic rings. The molecule has 118 valence electrons. The van der Waals surface area contributed by atoms with Crippen molar-refractivity contribution >= 4 is 38.2 Å². The normalized spacial score (nSPS) is 11.0. The molecule has 1 amide bonds. The van der Waals surface area contributed by atoms with Crippen LogP contribution in [0.3, 0.4) is 0 Å². The average Bonchev–Trinajstić information content (AvgIpc) is 2.95. The Labute approximate surface area is 141 Å². The summed E-state index contributed by atoms with van der Waals surface area (Å²) in [6, 6.07) is 14.9. The first-order valence-electron chi connectivity index (χ1n) is 7.41. The van der Waals surface area contributed by atoms with Gasteiger partial charge in [0.15, 0.2) is 0 Å². The Hall–Kier alpha value is -2.99. The van der Waals surface area contributed by atoms with Crippen LogP contribution >= 0.6 is 11.3 Å². The molecule has 5 nitrogen and oxygen atoms in total. The second-order valence-electron chi connectivity index (χ2n) is 5.43. The zero-order valence-corrected chi connectivity index (χ0v) is 13.6. The maximum Gasteiger partial charge on any atom is 0.280 e. The van der Waals surface area contributed by atoms with E-state index in [4.69, 9.17) is 0 Å². The van der Waals surface area contributed by atoms with E-state index in [1.54, 1.807) is 18.2 Å². The minimum atomic E-state index is -0.312. The fourth-order valence-corrected chi connectivity index (χ4v) is 3.80. The van der Waals surface area contributed by atoms with Gasteiger partial charge < -0.3 is 0 Å². The number of nitrogens with one attached hydrogen (secondary N) is 1. The number of nitrogens with zero attached hydrogens (tertiary/aromatic N) is 2. The van der Waals surface area contributed by atoms with Crippen molar-refractivity contribution in [3.05, 3.63) is 75.7 Å². The Kier molecular flexibility index (Phi) is 3.39. The average molecular weight is 335 g/mol. The van der Waals surface area contributed by atoms with Crippen LogP contribution in [0.25, 0.3) is 21.0 Å². The van der Waals surface area contributed by atoms with Crippen molar-refractivity contribution in [1.82, 2.24) is 9.66 Å². The predicted molar refractivity (Wildman–Crippen MR) is 96.3 cm³/mol. The molecule has 24 heavy (non-hydrogen) atoms. The van der Waals surface area contributed by atoms with Gasteiger partial charge in [0, 0.05) is 4.70 Å². The number of rotatable bonds is 2. The first kappa shape index (κ1) is 14.6. The summed E-state index contributed by atoms with van der Waals surface area (Å²) in [4.78, 5) is 29.9. The molecule has 0 bridgehead atoms. The highest BCUT2D eigenvalue weighted by Crippen LogP contribution is 2.30. The molecule has 2 heterocycles. The van der Waals surface area contributed by atoms with Crippen molar-refractivity contribution in [3.63, 3.8) is 0 Å². The van der Waals surface area contributed by atoms with Crippen LogP contribution in [0.5, 0.6) is 0 Å². The van der Waals surface area contributed by atoms with E-state index in [-0.39, 0.29) is 11.5 Å². The summed E-state index contributed by atoms with van der Waals surface area (Å²) in [7, 11) is 0. The van der Waals surface area contributed by atoms with Gasteiger partial charge in [0.25, 0.3) is 11.5 Å². The number of aromatic nitrogens is 2. The molecular weight excluding hydrogens is 322 g/mol. The van der Waals surface area contributed by atoms with E-state index in [9.17, 15) is 9.59 Å². The zero-order chi connectivity index (χ0) is 16.7. The van der Waals surface area contributed by atoms with Crippen LogP contribution in [0.2, 0.25) is 0 Å². The molecule has 0 aliphatic carbocycles. The number of carbonyl (C=O) groups is 1. The summed E-state index contributed by atoms with van der Waals surface area (Å²) in [6.45, 7) is 1.91. The summed E-state index contributed by atoms with van der Waals surface area (Å²) >= 11 is 1.41. The smallest absolute Gasteiger partial charge is 0.267 e. The summed E-state index contributed by atoms with van der Waals surface area (Å²) in [6.07, 6.45) is 1.34. The lowest BCUT2D eigenvalue weighted by Gasteiger charge is -2.08. The summed E-state index contributed by atoms with van der Waals surface area (Å²) in [5, 5.41) is 1.52. The van der Waals surface area contributed by atoms with Crippen LogP contribution in [0.1, 0.15) is 15.2 Å². The molecule has 0 radical (unpaired) electrons. The molecule has 1 N–H and O–H groups in total. The Morgan fingerprint density at radius 3 is 2.58 bits per heavy atom. The lowest BCUT2D eigenvalue weighted by atomic mass is 10.1. The molecule has 0 fully saturated rings. The molecule has 0 saturated heterocycles. The molecule has 4 aromatic rings. The summed E-state index contributed by atoms with van der Waals surface area (Å²) in [5.41, 5.74) is 3.85. The van der Waals surface area contributed by atoms with E-state index >= 15 is 0 Å². The number of amides is 1. The largest absolute Gasteiger partial charge is 0.280 e. The topological polar surface area (TPSA) is 64.0 Å². The Balaban J connectivity index is 1.75. The van der Waals surface area contributed by atoms with Gasteiger partial charge in [0.1, 0.15) is 6.33 Å². The Morgan fingerprint density at radius 2 is 1.79 bits per heavy atom. The number of thiophene rings is 1. The lowest BCUT2D eigenvalue weighted by Crippen LogP contribution is -2.33. The van der Waals surface area contributed by atoms with Crippen molar-refractivity contribution in [3.8, 4) is 0 Å². The van der Waals surface area contributed by atoms with Crippen LogP contribution in [0, 0.1) is 6.92 Å². The van der Waals surface area contributed by atoms with Gasteiger partial charge >= 0.3 is 0 Å². The highest BCUT2D eigenvalue weighted by molar-refractivity contribution is 7.21. The number of para-hydroxylation sites is 1. The minimum absolute atomic E-state index is 0.298. The quantitative estimate of drug-likeness (QED) is 0.611. The molecule has 0 aliphatic heterocycles. The van der Waals surface area contributed by atoms with Gasteiger partial charge in [-0.25, -0.2) is 9.66 Å². The molecule has 2 aromatic heterocycles. The van der Waals surface area contributed by atoms with Gasteiger partial charge in [-0.1, -0.05) is 30.3 Å². The van der Waals surface area contributed by atoms with Crippen LogP contribution in [-0.4, -0.2) is 15.6 Å². The molecule has 2 aromatic carbocycles. The van der Waals surface area contributed by atoms with Gasteiger partial charge in [-0.2, -0.15) is 0 Å². The van der Waals surface area contributed by atoms with Gasteiger partial charge in [-0.05, 0) is 36.1 Å². The van der Waals surface area contributed by atoms with E-state index in [0.717, 1.165) is 20.3 Å². The van der Waals surface area contributed by atoms with E-state index < -0.39 is 0 Å². The van der Waals surface area contributed by atoms with Crippen LogP contribution in [0.15, 0.2) is 59.7 Å². The first-order valence-corrected chi connectivity index (χ1v) is 8.22. The highest BCUT2D eigenvalue weighted by Gasteiger charge is 2.16. The maximum absolute atomic E-state index is 12.6. The molecule has 0 saturated carbocycles. The standard InChI is InChI=1S/C18H13N3O2S/c1-11-12-6-3-5-9-15(12)24-16(11)17(22)20-21-10-19-14-8-4-2-7-13(14)18(21)23/h2-10H,1H3,(H,20,22). The second-order valence-corrected chi connectivity index (χ2v) is 6.48. The first-order chi connectivity index (χ1) is 11.6. The van der Waals surface area contributed by atoms with E-state index in [2.05, 4.69) is 10.4 Å². The van der Waals surface area contributed by atoms with Gasteiger partial charge in [0.05, 0.1) is 15.8 Å². The van der Waals surface area contributed by atoms with Crippen molar-refractivity contribution in [1.29, 1.82) is 0 Å². The van der Waals surface area contributed by atoms with Gasteiger partial charge in [-0.15, -0.1) is 11.3 Å². The second kappa shape index (κ2) is 5.58. The van der Waals surface area contributed by atoms with Crippen molar-refractivity contribution in [2.45, 2.75) is 6.92 Å². The number of benzene rings is 2. The minimum Gasteiger partial charge on any atom is -0.267 e. The SMILES string of the molecule is Cc1c(C(=O)Nn2cnc3ccccc3c2=O)sc2ccccc12. The molecule has 0 spiro atoms. The third-order valence-electron chi connectivity index (χ3n) is 3.94. The summed E-state index contributed by atoms with van der Waals surface area (Å²) < 4.78 is 2.18. The molecule has 0 atom stereocenters. The van der Waals surface area contributed by atoms with E-state index in [1.165, 1.54) is 17.7 Å². The van der Waals surface area contributed by atoms with Crippen LogP contribution < -0.4 is 11.0 Å². The van der Waals surface area contributed by atoms with Crippen molar-refractivity contribution in [2.75, 3.05) is 5.43 Å². The Morgan fingerprint density at radius 1 is 1.08 bits per heavy atom. The van der Waals surface area contributed by atoms with Crippen LogP contribution in [0.4, 0.5) is 0 Å². The fraction of sp³-hybridized carbons (Fsp3) is 0.0556. The van der Waals surface area contributed by atoms with Crippen LogP contribution in [-0.2, 0) is 0 Å². The molecular formula is C18H13N3O2S. The fourth-order valence-electron chi connectivity index (χ4n) is 2.70. The maximum atomic E-state index is 12.6. The molecule has 0 unspecified atom stereocenters. The van der Waals surface area contributed by atoms with Gasteiger partial charge in [0.2, 0.25) is 0 Å². The molecule has 6 heteroatoms. The zero-order valence-electron chi connectivity index (χ0n) is 12.8. The third-order valence-corrected chi connectivity index (χ3v) is 5.21.